The Morgan fingerprint density at radius 3 is 2.53 bits per heavy atom. The number of methoxy groups -OCH3 is 1. The molecule has 0 saturated heterocycles. The molecule has 0 aliphatic carbocycles. The number of anilines is 1. The van der Waals surface area contributed by atoms with Gasteiger partial charge >= 0.3 is 0 Å². The summed E-state index contributed by atoms with van der Waals surface area (Å²) in [6, 6.07) is 10.0. The van der Waals surface area contributed by atoms with E-state index in [1.54, 1.807) is 30.3 Å². The Bertz CT molecular complexity index is 587. The summed E-state index contributed by atoms with van der Waals surface area (Å²) in [7, 11) is 1.51. The van der Waals surface area contributed by atoms with Crippen LogP contribution in [0.4, 0.5) is 5.69 Å². The number of hydrogen-bond acceptors (Lipinski definition) is 4. The molecule has 0 heterocycles. The summed E-state index contributed by atoms with van der Waals surface area (Å²) in [4.78, 5) is 0. The van der Waals surface area contributed by atoms with E-state index in [0.29, 0.717) is 17.3 Å². The molecule has 5 heteroatoms. The van der Waals surface area contributed by atoms with Gasteiger partial charge in [-0.1, -0.05) is 17.7 Å². The summed E-state index contributed by atoms with van der Waals surface area (Å²) >= 11 is 5.82. The Morgan fingerprint density at radius 1 is 1.11 bits per heavy atom. The third-order valence-corrected chi connectivity index (χ3v) is 2.99. The van der Waals surface area contributed by atoms with Gasteiger partial charge in [0.1, 0.15) is 5.75 Å². The summed E-state index contributed by atoms with van der Waals surface area (Å²) in [5.41, 5.74) is 1.76. The Kier molecular flexibility index (Phi) is 4.02. The Morgan fingerprint density at radius 2 is 1.84 bits per heavy atom. The number of benzene rings is 2. The predicted octanol–water partition coefficient (Wildman–Crippen LogP) is 3.37. The summed E-state index contributed by atoms with van der Waals surface area (Å²) < 4.78 is 5.04. The third-order valence-electron chi connectivity index (χ3n) is 2.69. The van der Waals surface area contributed by atoms with Crippen LogP contribution in [0.3, 0.4) is 0 Å². The molecule has 0 amide bonds. The van der Waals surface area contributed by atoms with Gasteiger partial charge in [-0.15, -0.1) is 0 Å². The molecule has 0 radical (unpaired) electrons. The fraction of sp³-hybridized carbons (Fsp3) is 0.143. The van der Waals surface area contributed by atoms with E-state index in [4.69, 9.17) is 16.3 Å². The van der Waals surface area contributed by atoms with Crippen molar-refractivity contribution >= 4 is 17.3 Å². The number of halogens is 1. The van der Waals surface area contributed by atoms with E-state index in [2.05, 4.69) is 5.32 Å². The number of rotatable bonds is 4. The average molecular weight is 280 g/mol. The fourth-order valence-electron chi connectivity index (χ4n) is 1.65. The molecule has 19 heavy (non-hydrogen) atoms. The molecule has 4 nitrogen and oxygen atoms in total. The predicted molar refractivity (Wildman–Crippen MR) is 75.1 cm³/mol. The first kappa shape index (κ1) is 13.4. The first-order chi connectivity index (χ1) is 9.10. The summed E-state index contributed by atoms with van der Waals surface area (Å²) in [6.45, 7) is 0.553. The zero-order chi connectivity index (χ0) is 13.8. The van der Waals surface area contributed by atoms with Gasteiger partial charge in [-0.25, -0.2) is 0 Å². The lowest BCUT2D eigenvalue weighted by molar-refractivity contribution is 0.373. The molecule has 0 unspecified atom stereocenters. The molecule has 2 rings (SSSR count). The normalized spacial score (nSPS) is 10.2. The number of aromatic hydroxyl groups is 2. The highest BCUT2D eigenvalue weighted by Gasteiger charge is 2.03. The van der Waals surface area contributed by atoms with Crippen molar-refractivity contribution in [2.24, 2.45) is 0 Å². The molecule has 0 fully saturated rings. The minimum absolute atomic E-state index is 0.0542. The maximum Gasteiger partial charge on any atom is 0.160 e. The second-order valence-electron chi connectivity index (χ2n) is 4.03. The molecule has 0 atom stereocenters. The van der Waals surface area contributed by atoms with Crippen molar-refractivity contribution in [2.75, 3.05) is 12.4 Å². The highest BCUT2D eigenvalue weighted by atomic mass is 35.5. The number of phenolic OH excluding ortho intramolecular Hbond substituents is 2. The molecule has 0 bridgehead atoms. The summed E-state index contributed by atoms with van der Waals surface area (Å²) in [5, 5.41) is 22.3. The van der Waals surface area contributed by atoms with Crippen LogP contribution in [-0.4, -0.2) is 17.3 Å². The minimum Gasteiger partial charge on any atom is -0.506 e. The Balaban J connectivity index is 2.07. The van der Waals surface area contributed by atoms with Crippen LogP contribution in [-0.2, 0) is 6.54 Å². The highest BCUT2D eigenvalue weighted by molar-refractivity contribution is 6.32. The molecule has 0 aliphatic rings. The maximum absolute atomic E-state index is 9.50. The average Bonchev–Trinajstić information content (AvgIpc) is 2.41. The number of hydrogen-bond donors (Lipinski definition) is 3. The van der Waals surface area contributed by atoms with Crippen LogP contribution in [0.5, 0.6) is 17.2 Å². The first-order valence-electron chi connectivity index (χ1n) is 5.68. The fourth-order valence-corrected chi connectivity index (χ4v) is 1.83. The summed E-state index contributed by atoms with van der Waals surface area (Å²) in [5.74, 6) is 0.598. The van der Waals surface area contributed by atoms with Crippen LogP contribution in [0.15, 0.2) is 36.4 Å². The molecule has 100 valence electrons. The van der Waals surface area contributed by atoms with E-state index in [1.165, 1.54) is 13.2 Å². The van der Waals surface area contributed by atoms with Crippen molar-refractivity contribution in [3.63, 3.8) is 0 Å². The van der Waals surface area contributed by atoms with Crippen LogP contribution in [0.1, 0.15) is 5.56 Å². The third kappa shape index (κ3) is 3.23. The second-order valence-corrected chi connectivity index (χ2v) is 4.43. The van der Waals surface area contributed by atoms with Gasteiger partial charge in [0.05, 0.1) is 12.1 Å². The van der Waals surface area contributed by atoms with E-state index in [1.807, 2.05) is 0 Å². The van der Waals surface area contributed by atoms with Gasteiger partial charge in [-0.3, -0.25) is 0 Å². The summed E-state index contributed by atoms with van der Waals surface area (Å²) in [6.07, 6.45) is 0. The van der Waals surface area contributed by atoms with Gasteiger partial charge in [-0.05, 0) is 35.9 Å². The lowest BCUT2D eigenvalue weighted by Crippen LogP contribution is -1.99. The number of nitrogens with one attached hydrogen (secondary N) is 1. The molecule has 2 aromatic carbocycles. The number of phenols is 2. The van der Waals surface area contributed by atoms with E-state index in [9.17, 15) is 10.2 Å². The monoisotopic (exact) mass is 279 g/mol. The van der Waals surface area contributed by atoms with Crippen molar-refractivity contribution < 1.29 is 14.9 Å². The molecular weight excluding hydrogens is 266 g/mol. The van der Waals surface area contributed by atoms with E-state index in [0.717, 1.165) is 11.3 Å². The molecule has 0 aliphatic heterocycles. The molecule has 3 N–H and O–H groups in total. The number of ether oxygens (including phenoxy) is 1. The maximum atomic E-state index is 9.50. The zero-order valence-corrected chi connectivity index (χ0v) is 11.1. The van der Waals surface area contributed by atoms with Crippen molar-refractivity contribution in [1.29, 1.82) is 0 Å². The Labute approximate surface area is 116 Å². The standard InChI is InChI=1S/C14H14ClNO3/c1-19-14-6-9(2-4-13(14)18)8-16-10-3-5-12(17)11(15)7-10/h2-7,16-18H,8H2,1H3. The van der Waals surface area contributed by atoms with Gasteiger partial charge in [0, 0.05) is 12.2 Å². The minimum atomic E-state index is 0.0542. The Hall–Kier alpha value is -2.07. The topological polar surface area (TPSA) is 61.7 Å². The van der Waals surface area contributed by atoms with Crippen molar-refractivity contribution in [3.05, 3.63) is 47.0 Å². The van der Waals surface area contributed by atoms with Crippen LogP contribution >= 0.6 is 11.6 Å². The van der Waals surface area contributed by atoms with Crippen molar-refractivity contribution in [1.82, 2.24) is 0 Å². The molecule has 0 spiro atoms. The SMILES string of the molecule is COc1cc(CNc2ccc(O)c(Cl)c2)ccc1O. The largest absolute Gasteiger partial charge is 0.506 e. The van der Waals surface area contributed by atoms with E-state index in [-0.39, 0.29) is 11.5 Å². The molecule has 0 saturated carbocycles. The van der Waals surface area contributed by atoms with Gasteiger partial charge in [0.25, 0.3) is 0 Å². The van der Waals surface area contributed by atoms with Gasteiger partial charge in [0.15, 0.2) is 11.5 Å². The van der Waals surface area contributed by atoms with Crippen molar-refractivity contribution in [3.8, 4) is 17.2 Å². The van der Waals surface area contributed by atoms with Crippen LogP contribution in [0.2, 0.25) is 5.02 Å². The lowest BCUT2D eigenvalue weighted by atomic mass is 10.2. The molecule has 0 aromatic heterocycles. The van der Waals surface area contributed by atoms with Gasteiger partial charge in [-0.2, -0.15) is 0 Å². The zero-order valence-electron chi connectivity index (χ0n) is 10.4. The first-order valence-corrected chi connectivity index (χ1v) is 6.06. The molecule has 2 aromatic rings. The van der Waals surface area contributed by atoms with Crippen LogP contribution in [0.25, 0.3) is 0 Å². The van der Waals surface area contributed by atoms with Crippen molar-refractivity contribution in [2.45, 2.75) is 6.54 Å². The second kappa shape index (κ2) is 5.71. The van der Waals surface area contributed by atoms with Gasteiger partial charge in [0.2, 0.25) is 0 Å². The lowest BCUT2D eigenvalue weighted by Gasteiger charge is -2.09. The smallest absolute Gasteiger partial charge is 0.160 e. The highest BCUT2D eigenvalue weighted by Crippen LogP contribution is 2.28. The quantitative estimate of drug-likeness (QED) is 0.751. The van der Waals surface area contributed by atoms with Crippen LogP contribution < -0.4 is 10.1 Å². The van der Waals surface area contributed by atoms with E-state index < -0.39 is 0 Å². The molecular formula is C14H14ClNO3. The van der Waals surface area contributed by atoms with E-state index >= 15 is 0 Å². The van der Waals surface area contributed by atoms with Crippen LogP contribution in [0, 0.1) is 0 Å². The van der Waals surface area contributed by atoms with Gasteiger partial charge < -0.3 is 20.3 Å².